The zero-order valence-corrected chi connectivity index (χ0v) is 28.8. The predicted octanol–water partition coefficient (Wildman–Crippen LogP) is 4.53. The number of carbonyl (C=O) groups is 2. The Hall–Kier alpha value is -3.97. The van der Waals surface area contributed by atoms with Gasteiger partial charge in [-0.05, 0) is 69.5 Å². The molecule has 1 N–H and O–H groups in total. The molecule has 13 heteroatoms. The standard InChI is InChI=1S/C34H44N6O6S/c1-33(2,3)31-37-36-29(45-31)23-9-14-28-27(19-23)40(30(41)26(21-47(28,43)44)35-32(42)46-34(4,5)6)20-22-7-10-24(11-8-22)38-15-17-39(18-16-38)25-12-13-25/h7-11,14,19,25-26H,12-13,15-18,20-21H2,1-6H3,(H,35,42)/t26-/m0/s1. The number of rotatable bonds is 6. The molecule has 0 unspecified atom stereocenters. The summed E-state index contributed by atoms with van der Waals surface area (Å²) in [6.07, 6.45) is 1.73. The van der Waals surface area contributed by atoms with Crippen LogP contribution >= 0.6 is 0 Å². The van der Waals surface area contributed by atoms with E-state index < -0.39 is 39.2 Å². The van der Waals surface area contributed by atoms with Crippen LogP contribution in [0.15, 0.2) is 51.8 Å². The molecule has 2 fully saturated rings. The molecule has 2 aromatic carbocycles. The van der Waals surface area contributed by atoms with Gasteiger partial charge in [-0.15, -0.1) is 10.2 Å². The second-order valence-corrected chi connectivity index (χ2v) is 16.7. The van der Waals surface area contributed by atoms with E-state index in [0.29, 0.717) is 11.5 Å². The number of ether oxygens (including phenoxy) is 1. The van der Waals surface area contributed by atoms with Gasteiger partial charge in [-0.25, -0.2) is 13.2 Å². The van der Waals surface area contributed by atoms with Crippen molar-refractivity contribution in [1.82, 2.24) is 20.4 Å². The lowest BCUT2D eigenvalue weighted by molar-refractivity contribution is -0.120. The maximum Gasteiger partial charge on any atom is 0.408 e. The fourth-order valence-electron chi connectivity index (χ4n) is 5.95. The first-order valence-electron chi connectivity index (χ1n) is 16.2. The maximum absolute atomic E-state index is 14.2. The van der Waals surface area contributed by atoms with Gasteiger partial charge in [0.05, 0.1) is 22.9 Å². The van der Waals surface area contributed by atoms with Crippen LogP contribution < -0.4 is 15.1 Å². The first kappa shape index (κ1) is 33.0. The minimum Gasteiger partial charge on any atom is -0.444 e. The van der Waals surface area contributed by atoms with Gasteiger partial charge in [0, 0.05) is 48.9 Å². The fraction of sp³-hybridized carbons (Fsp3) is 0.529. The normalized spacial score (nSPS) is 20.5. The zero-order valence-electron chi connectivity index (χ0n) is 27.9. The van der Waals surface area contributed by atoms with Crippen molar-refractivity contribution in [2.75, 3.05) is 41.7 Å². The van der Waals surface area contributed by atoms with E-state index in [0.717, 1.165) is 43.5 Å². The molecule has 2 amide bonds. The van der Waals surface area contributed by atoms with Crippen molar-refractivity contribution in [3.8, 4) is 11.5 Å². The molecule has 1 saturated carbocycles. The largest absolute Gasteiger partial charge is 0.444 e. The molecular formula is C34H44N6O6S. The quantitative estimate of drug-likeness (QED) is 0.400. The van der Waals surface area contributed by atoms with Crippen LogP contribution in [0.1, 0.15) is 65.8 Å². The van der Waals surface area contributed by atoms with Gasteiger partial charge >= 0.3 is 6.09 Å². The van der Waals surface area contributed by atoms with Crippen molar-refractivity contribution < 1.29 is 27.2 Å². The van der Waals surface area contributed by atoms with E-state index in [9.17, 15) is 18.0 Å². The Morgan fingerprint density at radius 3 is 2.26 bits per heavy atom. The van der Waals surface area contributed by atoms with E-state index in [1.54, 1.807) is 32.9 Å². The number of carbonyl (C=O) groups excluding carboxylic acids is 2. The summed E-state index contributed by atoms with van der Waals surface area (Å²) in [7, 11) is -4.03. The maximum atomic E-state index is 14.2. The molecule has 1 aliphatic carbocycles. The van der Waals surface area contributed by atoms with Crippen LogP contribution in [0.4, 0.5) is 16.2 Å². The van der Waals surface area contributed by atoms with Crippen LogP contribution in [0, 0.1) is 0 Å². The number of alkyl carbamates (subject to hydrolysis) is 1. The number of piperazine rings is 1. The van der Waals surface area contributed by atoms with Crippen molar-refractivity contribution in [1.29, 1.82) is 0 Å². The first-order chi connectivity index (χ1) is 22.1. The van der Waals surface area contributed by atoms with Gasteiger partial charge in [0.15, 0.2) is 9.84 Å². The Morgan fingerprint density at radius 1 is 0.979 bits per heavy atom. The van der Waals surface area contributed by atoms with Crippen LogP contribution in [0.25, 0.3) is 11.5 Å². The Balaban J connectivity index is 1.32. The predicted molar refractivity (Wildman–Crippen MR) is 178 cm³/mol. The minimum atomic E-state index is -4.03. The van der Waals surface area contributed by atoms with E-state index >= 15 is 0 Å². The van der Waals surface area contributed by atoms with Crippen molar-refractivity contribution in [2.24, 2.45) is 0 Å². The van der Waals surface area contributed by atoms with Gasteiger partial charge in [-0.3, -0.25) is 9.69 Å². The van der Waals surface area contributed by atoms with Gasteiger partial charge in [0.2, 0.25) is 11.8 Å². The first-order valence-corrected chi connectivity index (χ1v) is 17.8. The lowest BCUT2D eigenvalue weighted by atomic mass is 9.97. The summed E-state index contributed by atoms with van der Waals surface area (Å²) in [4.78, 5) is 33.3. The molecule has 252 valence electrons. The third-order valence-electron chi connectivity index (χ3n) is 8.56. The van der Waals surface area contributed by atoms with E-state index in [1.165, 1.54) is 23.8 Å². The van der Waals surface area contributed by atoms with Gasteiger partial charge in [0.1, 0.15) is 11.6 Å². The molecule has 1 atom stereocenters. The van der Waals surface area contributed by atoms with Gasteiger partial charge in [-0.2, -0.15) is 0 Å². The Kier molecular flexibility index (Phi) is 8.58. The second kappa shape index (κ2) is 12.2. The smallest absolute Gasteiger partial charge is 0.408 e. The minimum absolute atomic E-state index is 0.0243. The Labute approximate surface area is 276 Å². The van der Waals surface area contributed by atoms with E-state index in [-0.39, 0.29) is 28.4 Å². The molecule has 12 nitrogen and oxygen atoms in total. The number of sulfone groups is 1. The lowest BCUT2D eigenvalue weighted by Crippen LogP contribution is -2.51. The van der Waals surface area contributed by atoms with E-state index in [4.69, 9.17) is 9.15 Å². The summed E-state index contributed by atoms with van der Waals surface area (Å²) >= 11 is 0. The number of nitrogens with zero attached hydrogens (tertiary/aromatic N) is 5. The van der Waals surface area contributed by atoms with Gasteiger partial charge in [-0.1, -0.05) is 32.9 Å². The SMILES string of the molecule is CC(C)(C)OC(=O)N[C@H]1CS(=O)(=O)c2ccc(-c3nnc(C(C)(C)C)o3)cc2N(Cc2ccc(N3CCN(C4CC4)CC3)cc2)C1=O. The highest BCUT2D eigenvalue weighted by Gasteiger charge is 2.40. The van der Waals surface area contributed by atoms with Gasteiger partial charge in [0.25, 0.3) is 5.91 Å². The molecule has 2 aliphatic heterocycles. The molecule has 0 radical (unpaired) electrons. The van der Waals surface area contributed by atoms with Crippen LogP contribution in [-0.2, 0) is 31.3 Å². The number of nitrogens with one attached hydrogen (secondary N) is 1. The van der Waals surface area contributed by atoms with Crippen molar-refractivity contribution in [3.63, 3.8) is 0 Å². The van der Waals surface area contributed by atoms with Crippen molar-refractivity contribution in [2.45, 2.75) is 88.9 Å². The molecule has 3 heterocycles. The summed E-state index contributed by atoms with van der Waals surface area (Å²) in [6, 6.07) is 12.0. The highest BCUT2D eigenvalue weighted by molar-refractivity contribution is 7.91. The topological polar surface area (TPSA) is 138 Å². The van der Waals surface area contributed by atoms with Crippen LogP contribution in [0.2, 0.25) is 0 Å². The molecule has 3 aromatic rings. The third kappa shape index (κ3) is 7.46. The number of hydrogen-bond acceptors (Lipinski definition) is 10. The van der Waals surface area contributed by atoms with Crippen molar-refractivity contribution >= 4 is 33.2 Å². The third-order valence-corrected chi connectivity index (χ3v) is 10.3. The molecule has 6 rings (SSSR count). The molecule has 47 heavy (non-hydrogen) atoms. The van der Waals surface area contributed by atoms with Crippen LogP contribution in [0.5, 0.6) is 0 Å². The molecule has 1 saturated heterocycles. The monoisotopic (exact) mass is 664 g/mol. The number of aromatic nitrogens is 2. The Morgan fingerprint density at radius 2 is 1.66 bits per heavy atom. The summed E-state index contributed by atoms with van der Waals surface area (Å²) < 4.78 is 38.8. The van der Waals surface area contributed by atoms with Crippen molar-refractivity contribution in [3.05, 3.63) is 53.9 Å². The molecule has 1 aromatic heterocycles. The summed E-state index contributed by atoms with van der Waals surface area (Å²) in [5, 5.41) is 10.9. The van der Waals surface area contributed by atoms with Crippen LogP contribution in [0.3, 0.4) is 0 Å². The Bertz CT molecular complexity index is 1750. The summed E-state index contributed by atoms with van der Waals surface area (Å²) in [5.74, 6) is -0.550. The highest BCUT2D eigenvalue weighted by Crippen LogP contribution is 2.36. The average molecular weight is 665 g/mol. The highest BCUT2D eigenvalue weighted by atomic mass is 32.2. The molecular weight excluding hydrogens is 620 g/mol. The number of hydrogen-bond donors (Lipinski definition) is 1. The number of benzene rings is 2. The van der Waals surface area contributed by atoms with Gasteiger partial charge < -0.3 is 24.3 Å². The van der Waals surface area contributed by atoms with E-state index in [2.05, 4.69) is 25.3 Å². The zero-order chi connectivity index (χ0) is 33.7. The van der Waals surface area contributed by atoms with Crippen LogP contribution in [-0.4, -0.2) is 85.1 Å². The molecule has 3 aliphatic rings. The average Bonchev–Trinajstić information content (AvgIpc) is 3.73. The van der Waals surface area contributed by atoms with E-state index in [1.807, 2.05) is 45.0 Å². The summed E-state index contributed by atoms with van der Waals surface area (Å²) in [6.45, 7) is 15.0. The summed E-state index contributed by atoms with van der Waals surface area (Å²) in [5.41, 5.74) is 1.33. The number of anilines is 2. The fourth-order valence-corrected chi connectivity index (χ4v) is 7.56. The molecule has 0 bridgehead atoms. The second-order valence-electron chi connectivity index (χ2n) is 14.7. The molecule has 0 spiro atoms. The number of fused-ring (bicyclic) bond motifs is 1. The lowest BCUT2D eigenvalue weighted by Gasteiger charge is -2.36. The number of amides is 2.